The van der Waals surface area contributed by atoms with Gasteiger partial charge in [-0.3, -0.25) is 9.11 Å². The summed E-state index contributed by atoms with van der Waals surface area (Å²) in [6, 6.07) is 19.9. The van der Waals surface area contributed by atoms with Crippen molar-refractivity contribution in [2.45, 2.75) is 21.7 Å². The largest absolute Gasteiger partial charge is 0.496 e. The Morgan fingerprint density at radius 3 is 1.35 bits per heavy atom. The van der Waals surface area contributed by atoms with Crippen molar-refractivity contribution in [3.63, 3.8) is 0 Å². The number of nitrogens with zero attached hydrogens (tertiary/aromatic N) is 2. The van der Waals surface area contributed by atoms with Crippen LogP contribution in [0.5, 0.6) is 11.5 Å². The summed E-state index contributed by atoms with van der Waals surface area (Å²) in [4.78, 5) is 0. The standard InChI is InChI=1S/C34H32N6O10S2/c1-49-25-15-17(11-13-23(25)33(51(43,44)45)21-9-5-3-7-19(21)27(35)29(39-37)31(33)41)18-12-14-24(26(16-18)50-2)34(52(46,47)48)22-10-6-4-8-20(22)28(36)30(40-38)32(34)42/h3-16,31-32,37-38,41-42H,35-36H2,1-2H3,(H,43,44,45)(H,46,47,48)/b39-37+,40-38+. The first kappa shape index (κ1) is 33.6. The van der Waals surface area contributed by atoms with Crippen molar-refractivity contribution in [2.75, 3.05) is 14.2 Å². The third kappa shape index (κ3) is 4.80. The Kier molecular flexibility index (Phi) is 8.16. The molecule has 18 heteroatoms. The lowest BCUT2D eigenvalue weighted by molar-refractivity contribution is 0.160. The summed E-state index contributed by atoms with van der Waals surface area (Å²) in [7, 11) is -8.20. The molecule has 270 valence electrons. The molecule has 0 fully saturated rings. The van der Waals surface area contributed by atoms with Gasteiger partial charge in [-0.25, -0.2) is 11.0 Å². The van der Waals surface area contributed by atoms with E-state index >= 15 is 0 Å². The summed E-state index contributed by atoms with van der Waals surface area (Å²) in [6.07, 6.45) is -4.36. The number of ether oxygens (including phenoxy) is 2. The molecule has 4 aromatic carbocycles. The van der Waals surface area contributed by atoms with E-state index in [1.54, 1.807) is 12.1 Å². The van der Waals surface area contributed by atoms with E-state index in [-0.39, 0.29) is 56.3 Å². The third-order valence-corrected chi connectivity index (χ3v) is 12.6. The molecule has 0 amide bonds. The maximum absolute atomic E-state index is 13.6. The van der Waals surface area contributed by atoms with Crippen LogP contribution < -0.4 is 20.9 Å². The highest BCUT2D eigenvalue weighted by Gasteiger charge is 2.60. The lowest BCUT2D eigenvalue weighted by Gasteiger charge is -2.41. The molecular formula is C34H32N6O10S2. The molecule has 0 saturated carbocycles. The van der Waals surface area contributed by atoms with Gasteiger partial charge in [0, 0.05) is 22.3 Å². The lowest BCUT2D eigenvalue weighted by Crippen LogP contribution is -2.51. The van der Waals surface area contributed by atoms with Gasteiger partial charge in [-0.1, -0.05) is 72.8 Å². The Balaban J connectivity index is 1.59. The number of benzene rings is 4. The molecule has 0 radical (unpaired) electrons. The Morgan fingerprint density at radius 2 is 1.02 bits per heavy atom. The van der Waals surface area contributed by atoms with E-state index in [4.69, 9.17) is 23.8 Å². The third-order valence-electron chi connectivity index (χ3n) is 9.64. The highest BCUT2D eigenvalue weighted by molar-refractivity contribution is 7.87. The van der Waals surface area contributed by atoms with Gasteiger partial charge in [0.05, 0.1) is 25.6 Å². The Labute approximate surface area is 300 Å². The molecule has 2 aliphatic carbocycles. The van der Waals surface area contributed by atoms with Crippen LogP contribution in [0.3, 0.4) is 0 Å². The molecule has 52 heavy (non-hydrogen) atoms. The maximum atomic E-state index is 13.6. The van der Waals surface area contributed by atoms with E-state index in [0.29, 0.717) is 11.1 Å². The predicted molar refractivity (Wildman–Crippen MR) is 187 cm³/mol. The first-order valence-electron chi connectivity index (χ1n) is 16.0. The van der Waals surface area contributed by atoms with Crippen molar-refractivity contribution in [3.05, 3.63) is 130 Å². The smallest absolute Gasteiger partial charge is 0.282 e. The van der Waals surface area contributed by atoms with Gasteiger partial charge >= 0.3 is 0 Å². The van der Waals surface area contributed by atoms with Crippen LogP contribution in [0.15, 0.2) is 107 Å². The number of aliphatic hydroxyl groups is 2. The highest BCUT2D eigenvalue weighted by Crippen LogP contribution is 2.54. The van der Waals surface area contributed by atoms with Gasteiger partial charge in [0.2, 0.25) is 2.82 Å². The molecule has 2 aliphatic rings. The molecule has 6 rings (SSSR count). The summed E-state index contributed by atoms with van der Waals surface area (Å²) in [5.74, 6) is -0.302. The number of hydrogen-bond acceptors (Lipinski definition) is 14. The normalized spacial score (nSPS) is 24.0. The molecule has 4 aromatic rings. The van der Waals surface area contributed by atoms with Gasteiger partial charge in [0.15, 0.2) is 9.49 Å². The van der Waals surface area contributed by atoms with Crippen molar-refractivity contribution in [3.8, 4) is 22.6 Å². The molecule has 0 heterocycles. The fourth-order valence-corrected chi connectivity index (χ4v) is 9.92. The number of fused-ring (bicyclic) bond motifs is 2. The van der Waals surface area contributed by atoms with Crippen molar-refractivity contribution in [1.29, 1.82) is 11.0 Å². The van der Waals surface area contributed by atoms with Crippen LogP contribution >= 0.6 is 0 Å². The van der Waals surface area contributed by atoms with E-state index in [2.05, 4.69) is 21.3 Å². The topological polar surface area (TPSA) is 292 Å². The minimum absolute atomic E-state index is 0.0949. The monoisotopic (exact) mass is 748 g/mol. The van der Waals surface area contributed by atoms with Gasteiger partial charge in [-0.05, 0) is 34.4 Å². The van der Waals surface area contributed by atoms with Crippen LogP contribution in [0, 0.1) is 11.0 Å². The van der Waals surface area contributed by atoms with Crippen LogP contribution in [0.4, 0.5) is 0 Å². The van der Waals surface area contributed by atoms with Crippen LogP contribution in [0.1, 0.15) is 33.4 Å². The molecule has 4 atom stereocenters. The predicted octanol–water partition coefficient (Wildman–Crippen LogP) is 3.70. The Hall–Kier alpha value is -5.50. The summed E-state index contributed by atoms with van der Waals surface area (Å²) in [5, 5.41) is 30.5. The molecular weight excluding hydrogens is 717 g/mol. The van der Waals surface area contributed by atoms with Crippen molar-refractivity contribution in [2.24, 2.45) is 21.7 Å². The highest BCUT2D eigenvalue weighted by atomic mass is 32.2. The van der Waals surface area contributed by atoms with Gasteiger partial charge in [0.1, 0.15) is 35.1 Å². The van der Waals surface area contributed by atoms with Crippen LogP contribution in [0.25, 0.3) is 22.5 Å². The van der Waals surface area contributed by atoms with Crippen LogP contribution in [-0.2, 0) is 29.7 Å². The molecule has 0 aliphatic heterocycles. The molecule has 10 N–H and O–H groups in total. The molecule has 0 aromatic heterocycles. The first-order valence-corrected chi connectivity index (χ1v) is 18.0. The summed E-state index contributed by atoms with van der Waals surface area (Å²) < 4.78 is 96.6. The van der Waals surface area contributed by atoms with Crippen LogP contribution in [-0.4, -0.2) is 62.6 Å². The second kappa shape index (κ2) is 12.6. The zero-order valence-corrected chi connectivity index (χ0v) is 28.9. The van der Waals surface area contributed by atoms with E-state index in [1.807, 2.05) is 0 Å². The SMILES string of the molecule is [H]/N=N/C1=C(N)c2ccccc2C(c2ccc(-c3ccc(C4(S(=O)(=O)O)c5ccccc5C(N)=C(/N=N/[H])C4O)c(OC)c3)cc2OC)(S(=O)(=O)O)C1O. The Bertz CT molecular complexity index is 2370. The molecule has 0 saturated heterocycles. The number of hydrogen-bond donors (Lipinski definition) is 8. The van der Waals surface area contributed by atoms with Crippen molar-refractivity contribution >= 4 is 31.6 Å². The summed E-state index contributed by atoms with van der Waals surface area (Å²) in [6.45, 7) is 0. The number of rotatable bonds is 9. The average Bonchev–Trinajstić information content (AvgIpc) is 3.14. The molecule has 0 spiro atoms. The fraction of sp³-hybridized carbons (Fsp3) is 0.176. The van der Waals surface area contributed by atoms with Gasteiger partial charge in [-0.2, -0.15) is 27.1 Å². The lowest BCUT2D eigenvalue weighted by atomic mass is 9.75. The number of nitrogens with one attached hydrogen (secondary N) is 2. The van der Waals surface area contributed by atoms with E-state index in [9.17, 15) is 36.2 Å². The second-order valence-corrected chi connectivity index (χ2v) is 15.1. The number of nitrogens with two attached hydrogens (primary N) is 2. The number of aliphatic hydroxyl groups excluding tert-OH is 2. The zero-order chi connectivity index (χ0) is 39.4. The zero-order valence-electron chi connectivity index (χ0n) is 29.2. The van der Waals surface area contributed by atoms with E-state index in [1.165, 1.54) is 87.0 Å². The molecule has 4 unspecified atom stereocenters. The van der Waals surface area contributed by atoms with Gasteiger partial charge < -0.3 is 31.2 Å². The van der Waals surface area contributed by atoms with Gasteiger partial charge in [-0.15, -0.1) is 0 Å². The van der Waals surface area contributed by atoms with Gasteiger partial charge in [0.25, 0.3) is 20.2 Å². The van der Waals surface area contributed by atoms with Crippen molar-refractivity contribution in [1.82, 2.24) is 0 Å². The summed E-state index contributed by atoms with van der Waals surface area (Å²) >= 11 is 0. The summed E-state index contributed by atoms with van der Waals surface area (Å²) in [5.41, 5.74) is 17.2. The van der Waals surface area contributed by atoms with E-state index < -0.39 is 53.3 Å². The maximum Gasteiger partial charge on any atom is 0.282 e. The second-order valence-electron chi connectivity index (χ2n) is 11.9. The fourth-order valence-electron chi connectivity index (χ4n) is 7.33. The Morgan fingerprint density at radius 1 is 0.654 bits per heavy atom. The minimum atomic E-state index is -5.33. The molecule has 0 bridgehead atoms. The van der Waals surface area contributed by atoms with E-state index in [0.717, 1.165) is 0 Å². The minimum Gasteiger partial charge on any atom is -0.496 e. The quantitative estimate of drug-likeness (QED) is 0.0898. The van der Waals surface area contributed by atoms with Crippen molar-refractivity contribution < 1.29 is 48.5 Å². The first-order chi connectivity index (χ1) is 25.6. The average molecular weight is 749 g/mol. The number of methoxy groups -OCH3 is 2. The molecule has 16 nitrogen and oxygen atoms in total. The van der Waals surface area contributed by atoms with Crippen LogP contribution in [0.2, 0.25) is 2.82 Å².